The molecule has 1 aliphatic heterocycles. The Bertz CT molecular complexity index is 1050. The second-order valence-corrected chi connectivity index (χ2v) is 9.17. The number of hydrogen-bond donors (Lipinski definition) is 1. The van der Waals surface area contributed by atoms with Gasteiger partial charge >= 0.3 is 0 Å². The van der Waals surface area contributed by atoms with E-state index in [9.17, 15) is 9.18 Å². The number of aldehydes is 1. The summed E-state index contributed by atoms with van der Waals surface area (Å²) in [4.78, 5) is 13.1. The minimum atomic E-state index is -0.291. The van der Waals surface area contributed by atoms with Crippen molar-refractivity contribution in [2.75, 3.05) is 13.1 Å². The van der Waals surface area contributed by atoms with Crippen LogP contribution in [0.2, 0.25) is 5.02 Å². The summed E-state index contributed by atoms with van der Waals surface area (Å²) in [6.07, 6.45) is 18.3. The number of rotatable bonds is 4. The van der Waals surface area contributed by atoms with Crippen LogP contribution < -0.4 is 5.73 Å². The molecular formula is C30H34ClFN2O. The van der Waals surface area contributed by atoms with Crippen LogP contribution in [0.4, 0.5) is 4.39 Å². The van der Waals surface area contributed by atoms with Gasteiger partial charge in [-0.3, -0.25) is 9.69 Å². The molecule has 3 nitrogen and oxygen atoms in total. The minimum absolute atomic E-state index is 0.195. The molecule has 0 saturated carbocycles. The molecule has 1 saturated heterocycles. The molecule has 2 N–H and O–H groups in total. The van der Waals surface area contributed by atoms with Crippen LogP contribution in [0.5, 0.6) is 0 Å². The lowest BCUT2D eigenvalue weighted by Gasteiger charge is -2.19. The zero-order valence-corrected chi connectivity index (χ0v) is 21.1. The van der Waals surface area contributed by atoms with Crippen LogP contribution in [0.1, 0.15) is 54.1 Å². The molecule has 1 atom stereocenters. The quantitative estimate of drug-likeness (QED) is 0.362. The number of carbonyl (C=O) groups is 1. The second kappa shape index (κ2) is 15.0. The van der Waals surface area contributed by atoms with Gasteiger partial charge in [-0.25, -0.2) is 4.39 Å². The van der Waals surface area contributed by atoms with Crippen LogP contribution >= 0.6 is 11.6 Å². The van der Waals surface area contributed by atoms with Gasteiger partial charge in [0.15, 0.2) is 0 Å². The molecule has 2 aromatic carbocycles. The highest BCUT2D eigenvalue weighted by Crippen LogP contribution is 2.24. The lowest BCUT2D eigenvalue weighted by Crippen LogP contribution is -2.24. The fourth-order valence-electron chi connectivity index (χ4n) is 3.95. The third-order valence-electron chi connectivity index (χ3n) is 6.07. The highest BCUT2D eigenvalue weighted by atomic mass is 35.5. The highest BCUT2D eigenvalue weighted by molar-refractivity contribution is 6.30. The Hall–Kier alpha value is -3.13. The molecule has 0 radical (unpaired) electrons. The number of carbonyl (C=O) groups excluding carboxylic acids is 1. The maximum Gasteiger partial charge on any atom is 0.150 e. The van der Waals surface area contributed by atoms with Crippen molar-refractivity contribution in [1.29, 1.82) is 0 Å². The normalized spacial score (nSPS) is 18.1. The second-order valence-electron chi connectivity index (χ2n) is 8.74. The van der Waals surface area contributed by atoms with Crippen molar-refractivity contribution < 1.29 is 9.18 Å². The number of likely N-dealkylation sites (tertiary alicyclic amines) is 1. The average molecular weight is 493 g/mol. The summed E-state index contributed by atoms with van der Waals surface area (Å²) in [6, 6.07) is 15.4. The largest absolute Gasteiger partial charge is 0.397 e. The van der Waals surface area contributed by atoms with E-state index >= 15 is 0 Å². The fraction of sp³-hybridized carbons (Fsp3) is 0.300. The van der Waals surface area contributed by atoms with E-state index in [4.69, 9.17) is 17.3 Å². The first-order valence-electron chi connectivity index (χ1n) is 11.8. The summed E-state index contributed by atoms with van der Waals surface area (Å²) in [5.41, 5.74) is 9.73. The van der Waals surface area contributed by atoms with Gasteiger partial charge in [0.1, 0.15) is 12.1 Å². The van der Waals surface area contributed by atoms with Crippen molar-refractivity contribution >= 4 is 23.5 Å². The number of benzene rings is 2. The van der Waals surface area contributed by atoms with E-state index in [1.165, 1.54) is 37.9 Å². The SMILES string of the molecule is C#C.CC1CCCN(Cc2ccc(C=O)cc2)CC1.NC1=C(F)CC=C(c2ccc(Cl)cc2)C=C1. The monoisotopic (exact) mass is 492 g/mol. The topological polar surface area (TPSA) is 46.3 Å². The summed E-state index contributed by atoms with van der Waals surface area (Å²) >= 11 is 5.80. The lowest BCUT2D eigenvalue weighted by molar-refractivity contribution is 0.112. The van der Waals surface area contributed by atoms with Gasteiger partial charge in [0.25, 0.3) is 0 Å². The third kappa shape index (κ3) is 9.56. The Morgan fingerprint density at radius 1 is 1.06 bits per heavy atom. The summed E-state index contributed by atoms with van der Waals surface area (Å²) in [7, 11) is 0. The van der Waals surface area contributed by atoms with Crippen LogP contribution in [0, 0.1) is 18.8 Å². The van der Waals surface area contributed by atoms with Crippen LogP contribution in [-0.4, -0.2) is 24.3 Å². The Balaban J connectivity index is 0.000000231. The number of nitrogens with two attached hydrogens (primary N) is 1. The summed E-state index contributed by atoms with van der Waals surface area (Å²) in [5, 5.41) is 0.686. The zero-order chi connectivity index (χ0) is 25.6. The Morgan fingerprint density at radius 3 is 2.40 bits per heavy atom. The minimum Gasteiger partial charge on any atom is -0.397 e. The van der Waals surface area contributed by atoms with E-state index in [-0.39, 0.29) is 17.9 Å². The molecular weight excluding hydrogens is 459 g/mol. The number of hydrogen-bond acceptors (Lipinski definition) is 3. The van der Waals surface area contributed by atoms with Crippen molar-refractivity contribution in [2.24, 2.45) is 11.7 Å². The lowest BCUT2D eigenvalue weighted by atomic mass is 10.0. The van der Waals surface area contributed by atoms with Gasteiger partial charge < -0.3 is 5.73 Å². The number of terminal acetylenes is 1. The molecule has 0 amide bonds. The molecule has 35 heavy (non-hydrogen) atoms. The van der Waals surface area contributed by atoms with E-state index in [1.807, 2.05) is 48.6 Å². The average Bonchev–Trinajstić information content (AvgIpc) is 3.19. The molecule has 1 aliphatic carbocycles. The predicted molar refractivity (Wildman–Crippen MR) is 146 cm³/mol. The molecule has 1 unspecified atom stereocenters. The first-order chi connectivity index (χ1) is 16.9. The molecule has 1 heterocycles. The highest BCUT2D eigenvalue weighted by Gasteiger charge is 2.13. The standard InChI is InChI=1S/C15H21NO.C13H11ClFN.C2H2/c1-13-3-2-9-16(10-8-13)11-14-4-6-15(12-17)7-5-14;14-11-5-1-9(2-6-11)10-3-7-12(15)13(16)8-4-10;1-2/h4-7,12-13H,2-3,8-11H2,1H3;1-6,8H,7,16H2;1-2H. The van der Waals surface area contributed by atoms with E-state index in [2.05, 4.69) is 36.8 Å². The number of allylic oxidation sites excluding steroid dienone is 5. The number of nitrogens with zero attached hydrogens (tertiary/aromatic N) is 1. The van der Waals surface area contributed by atoms with Gasteiger partial charge in [0.05, 0.1) is 5.70 Å². The predicted octanol–water partition coefficient (Wildman–Crippen LogP) is 7.19. The van der Waals surface area contributed by atoms with Crippen LogP contribution in [0.15, 0.2) is 78.3 Å². The van der Waals surface area contributed by atoms with Crippen LogP contribution in [0.25, 0.3) is 5.57 Å². The Labute approximate surface area is 214 Å². The van der Waals surface area contributed by atoms with Crippen molar-refractivity contribution in [1.82, 2.24) is 4.90 Å². The first-order valence-corrected chi connectivity index (χ1v) is 12.2. The molecule has 0 aromatic heterocycles. The number of halogens is 2. The van der Waals surface area contributed by atoms with Gasteiger partial charge in [0.2, 0.25) is 0 Å². The first kappa shape index (κ1) is 28.1. The fourth-order valence-corrected chi connectivity index (χ4v) is 4.08. The maximum atomic E-state index is 13.2. The van der Waals surface area contributed by atoms with Gasteiger partial charge in [-0.2, -0.15) is 0 Å². The van der Waals surface area contributed by atoms with E-state index in [1.54, 1.807) is 6.08 Å². The van der Waals surface area contributed by atoms with E-state index in [0.29, 0.717) is 5.02 Å². The summed E-state index contributed by atoms with van der Waals surface area (Å²) in [5.74, 6) is 0.581. The van der Waals surface area contributed by atoms with Gasteiger partial charge in [-0.1, -0.05) is 67.1 Å². The van der Waals surface area contributed by atoms with Crippen molar-refractivity contribution in [2.45, 2.75) is 39.2 Å². The molecule has 0 spiro atoms. The molecule has 5 heteroatoms. The zero-order valence-electron chi connectivity index (χ0n) is 20.3. The Morgan fingerprint density at radius 2 is 1.74 bits per heavy atom. The molecule has 184 valence electrons. The van der Waals surface area contributed by atoms with Gasteiger partial charge in [-0.15, -0.1) is 12.8 Å². The smallest absolute Gasteiger partial charge is 0.150 e. The van der Waals surface area contributed by atoms with Crippen LogP contribution in [-0.2, 0) is 6.54 Å². The van der Waals surface area contributed by atoms with Crippen molar-refractivity contribution in [3.05, 3.63) is 100.0 Å². The van der Waals surface area contributed by atoms with Gasteiger partial charge in [-0.05, 0) is 73.2 Å². The third-order valence-corrected chi connectivity index (χ3v) is 6.32. The van der Waals surface area contributed by atoms with Crippen LogP contribution in [0.3, 0.4) is 0 Å². The van der Waals surface area contributed by atoms with Crippen molar-refractivity contribution in [3.63, 3.8) is 0 Å². The molecule has 1 fully saturated rings. The Kier molecular flexibility index (Phi) is 12.0. The maximum absolute atomic E-state index is 13.2. The molecule has 2 aromatic rings. The van der Waals surface area contributed by atoms with Gasteiger partial charge in [0, 0.05) is 23.6 Å². The molecule has 0 bridgehead atoms. The van der Waals surface area contributed by atoms with Crippen molar-refractivity contribution in [3.8, 4) is 12.8 Å². The molecule has 2 aliphatic rings. The van der Waals surface area contributed by atoms with E-state index < -0.39 is 0 Å². The summed E-state index contributed by atoms with van der Waals surface area (Å²) < 4.78 is 13.2. The van der Waals surface area contributed by atoms with E-state index in [0.717, 1.165) is 35.4 Å². The molecule has 4 rings (SSSR count). The summed E-state index contributed by atoms with van der Waals surface area (Å²) in [6.45, 7) is 5.78.